The molecule has 0 spiro atoms. The molecule has 2 N–H and O–H groups in total. The summed E-state index contributed by atoms with van der Waals surface area (Å²) in [4.78, 5) is 14.3. The third kappa shape index (κ3) is 2.37. The molecule has 0 unspecified atom stereocenters. The van der Waals surface area contributed by atoms with E-state index in [0.717, 1.165) is 0 Å². The summed E-state index contributed by atoms with van der Waals surface area (Å²) < 4.78 is 0.440. The van der Waals surface area contributed by atoms with Crippen molar-refractivity contribution in [1.29, 1.82) is 5.26 Å². The minimum atomic E-state index is -0.497. The van der Waals surface area contributed by atoms with Crippen LogP contribution in [0.4, 0.5) is 0 Å². The summed E-state index contributed by atoms with van der Waals surface area (Å²) in [7, 11) is 0. The van der Waals surface area contributed by atoms with Crippen LogP contribution in [0.1, 0.15) is 11.3 Å². The van der Waals surface area contributed by atoms with Crippen molar-refractivity contribution in [2.45, 2.75) is 6.92 Å². The first-order chi connectivity index (χ1) is 8.95. The number of aryl methyl sites for hydroxylation is 1. The molecule has 0 amide bonds. The van der Waals surface area contributed by atoms with Gasteiger partial charge in [-0.25, -0.2) is 0 Å². The van der Waals surface area contributed by atoms with E-state index in [-0.39, 0.29) is 11.3 Å². The van der Waals surface area contributed by atoms with Crippen molar-refractivity contribution in [3.63, 3.8) is 0 Å². The highest BCUT2D eigenvalue weighted by Crippen LogP contribution is 2.41. The van der Waals surface area contributed by atoms with Gasteiger partial charge in [-0.1, -0.05) is 11.6 Å². The molecule has 6 heteroatoms. The van der Waals surface area contributed by atoms with Gasteiger partial charge in [0.25, 0.3) is 5.56 Å². The van der Waals surface area contributed by atoms with Gasteiger partial charge in [-0.2, -0.15) is 5.26 Å². The number of aromatic hydroxyl groups is 1. The number of aromatic amines is 1. The maximum atomic E-state index is 11.8. The largest absolute Gasteiger partial charge is 0.507 e. The SMILES string of the molecule is Cc1cc(-c2c(O)ccc(Cl)c2Br)c(C#N)c(=O)[nH]1. The number of halogens is 2. The summed E-state index contributed by atoms with van der Waals surface area (Å²) in [6.45, 7) is 1.70. The molecule has 1 heterocycles. The summed E-state index contributed by atoms with van der Waals surface area (Å²) in [5.74, 6) is -0.0576. The van der Waals surface area contributed by atoms with Gasteiger partial charge in [-0.15, -0.1) is 0 Å². The van der Waals surface area contributed by atoms with Gasteiger partial charge < -0.3 is 10.1 Å². The first-order valence-electron chi connectivity index (χ1n) is 5.27. The van der Waals surface area contributed by atoms with Gasteiger partial charge >= 0.3 is 0 Å². The Morgan fingerprint density at radius 1 is 1.47 bits per heavy atom. The molecule has 0 aliphatic rings. The number of nitrogens with one attached hydrogen (secondary N) is 1. The zero-order valence-electron chi connectivity index (χ0n) is 9.79. The van der Waals surface area contributed by atoms with Crippen LogP contribution in [0.3, 0.4) is 0 Å². The molecule has 0 saturated carbocycles. The first-order valence-corrected chi connectivity index (χ1v) is 6.44. The third-order valence-corrected chi connectivity index (χ3v) is 3.99. The fourth-order valence-electron chi connectivity index (χ4n) is 1.79. The van der Waals surface area contributed by atoms with E-state index in [9.17, 15) is 9.90 Å². The Bertz CT molecular complexity index is 762. The Labute approximate surface area is 122 Å². The molecule has 19 heavy (non-hydrogen) atoms. The van der Waals surface area contributed by atoms with E-state index in [1.165, 1.54) is 12.1 Å². The molecule has 0 radical (unpaired) electrons. The zero-order valence-corrected chi connectivity index (χ0v) is 12.1. The van der Waals surface area contributed by atoms with Crippen LogP contribution < -0.4 is 5.56 Å². The quantitative estimate of drug-likeness (QED) is 0.836. The number of phenols is 1. The third-order valence-electron chi connectivity index (χ3n) is 2.62. The number of benzene rings is 1. The summed E-state index contributed by atoms with van der Waals surface area (Å²) in [5, 5.41) is 19.4. The van der Waals surface area contributed by atoms with Crippen LogP contribution in [-0.4, -0.2) is 10.1 Å². The molecular formula is C13H8BrClN2O2. The number of rotatable bonds is 1. The summed E-state index contributed by atoms with van der Waals surface area (Å²) >= 11 is 9.25. The Morgan fingerprint density at radius 3 is 2.79 bits per heavy atom. The van der Waals surface area contributed by atoms with Crippen LogP contribution in [0.2, 0.25) is 5.02 Å². The highest BCUT2D eigenvalue weighted by Gasteiger charge is 2.18. The fraction of sp³-hybridized carbons (Fsp3) is 0.0769. The topological polar surface area (TPSA) is 76.9 Å². The van der Waals surface area contributed by atoms with Crippen molar-refractivity contribution in [1.82, 2.24) is 4.98 Å². The fourth-order valence-corrected chi connectivity index (χ4v) is 2.50. The van der Waals surface area contributed by atoms with E-state index in [4.69, 9.17) is 16.9 Å². The van der Waals surface area contributed by atoms with Gasteiger partial charge in [-0.3, -0.25) is 4.79 Å². The first kappa shape index (κ1) is 13.7. The second-order valence-electron chi connectivity index (χ2n) is 3.94. The van der Waals surface area contributed by atoms with E-state index >= 15 is 0 Å². The normalized spacial score (nSPS) is 10.2. The molecule has 1 aromatic carbocycles. The monoisotopic (exact) mass is 338 g/mol. The van der Waals surface area contributed by atoms with Crippen molar-refractivity contribution in [3.05, 3.63) is 49.3 Å². The molecule has 0 saturated heterocycles. The lowest BCUT2D eigenvalue weighted by Gasteiger charge is -2.11. The smallest absolute Gasteiger partial charge is 0.266 e. The van der Waals surface area contributed by atoms with E-state index in [0.29, 0.717) is 26.3 Å². The van der Waals surface area contributed by atoms with Crippen LogP contribution in [0.5, 0.6) is 5.75 Å². The predicted octanol–water partition coefficient (Wildman–Crippen LogP) is 3.34. The van der Waals surface area contributed by atoms with Gasteiger partial charge in [-0.05, 0) is 41.1 Å². The lowest BCUT2D eigenvalue weighted by Crippen LogP contribution is -2.12. The average Bonchev–Trinajstić information content (AvgIpc) is 2.34. The highest BCUT2D eigenvalue weighted by atomic mass is 79.9. The summed E-state index contributed by atoms with van der Waals surface area (Å²) in [6.07, 6.45) is 0. The van der Waals surface area contributed by atoms with E-state index in [2.05, 4.69) is 20.9 Å². The molecule has 0 fully saturated rings. The van der Waals surface area contributed by atoms with Gasteiger partial charge in [0, 0.05) is 21.3 Å². The molecule has 0 bridgehead atoms. The number of H-pyrrole nitrogens is 1. The Morgan fingerprint density at radius 2 is 2.16 bits per heavy atom. The Balaban J connectivity index is 2.92. The van der Waals surface area contributed by atoms with Crippen LogP contribution in [0, 0.1) is 18.3 Å². The molecule has 0 aliphatic heterocycles. The second-order valence-corrected chi connectivity index (χ2v) is 5.14. The number of pyridine rings is 1. The number of aromatic nitrogens is 1. The Kier molecular flexibility index (Phi) is 3.65. The van der Waals surface area contributed by atoms with Crippen LogP contribution >= 0.6 is 27.5 Å². The molecule has 2 rings (SSSR count). The maximum absolute atomic E-state index is 11.8. The molecule has 4 nitrogen and oxygen atoms in total. The van der Waals surface area contributed by atoms with Gasteiger partial charge in [0.05, 0.1) is 5.02 Å². The highest BCUT2D eigenvalue weighted by molar-refractivity contribution is 9.10. The average molecular weight is 340 g/mol. The predicted molar refractivity (Wildman–Crippen MR) is 76.3 cm³/mol. The number of hydrogen-bond acceptors (Lipinski definition) is 3. The van der Waals surface area contributed by atoms with Crippen molar-refractivity contribution >= 4 is 27.5 Å². The molecule has 1 aromatic heterocycles. The van der Waals surface area contributed by atoms with Crippen molar-refractivity contribution < 1.29 is 5.11 Å². The van der Waals surface area contributed by atoms with Crippen molar-refractivity contribution in [2.75, 3.05) is 0 Å². The van der Waals surface area contributed by atoms with Crippen molar-refractivity contribution in [2.24, 2.45) is 0 Å². The minimum absolute atomic E-state index is 0.0576. The number of nitriles is 1. The lowest BCUT2D eigenvalue weighted by molar-refractivity contribution is 0.477. The van der Waals surface area contributed by atoms with Gasteiger partial charge in [0.15, 0.2) is 0 Å². The molecule has 0 atom stereocenters. The summed E-state index contributed by atoms with van der Waals surface area (Å²) in [6, 6.07) is 6.41. The van der Waals surface area contributed by atoms with Crippen LogP contribution in [0.15, 0.2) is 27.5 Å². The minimum Gasteiger partial charge on any atom is -0.507 e. The van der Waals surface area contributed by atoms with E-state index < -0.39 is 5.56 Å². The van der Waals surface area contributed by atoms with E-state index in [1.807, 2.05) is 6.07 Å². The molecule has 0 aliphatic carbocycles. The van der Waals surface area contributed by atoms with Gasteiger partial charge in [0.1, 0.15) is 17.4 Å². The standard InChI is InChI=1S/C13H8BrClN2O2/c1-6-4-7(8(5-16)13(19)17-6)11-10(18)3-2-9(15)12(11)14/h2-4,18H,1H3,(H,17,19). The Hall–Kier alpha value is -1.77. The van der Waals surface area contributed by atoms with Gasteiger partial charge in [0.2, 0.25) is 0 Å². The number of phenolic OH excluding ortho intramolecular Hbond substituents is 1. The van der Waals surface area contributed by atoms with E-state index in [1.54, 1.807) is 13.0 Å². The molecule has 2 aromatic rings. The summed E-state index contributed by atoms with van der Waals surface area (Å²) in [5.41, 5.74) is 0.701. The number of nitrogens with zero attached hydrogens (tertiary/aromatic N) is 1. The van der Waals surface area contributed by atoms with Crippen LogP contribution in [-0.2, 0) is 0 Å². The molecular weight excluding hydrogens is 332 g/mol. The molecule has 96 valence electrons. The maximum Gasteiger partial charge on any atom is 0.266 e. The van der Waals surface area contributed by atoms with Crippen molar-refractivity contribution in [3.8, 4) is 22.9 Å². The second kappa shape index (κ2) is 5.08. The lowest BCUT2D eigenvalue weighted by atomic mass is 10.00. The zero-order chi connectivity index (χ0) is 14.2. The number of hydrogen-bond donors (Lipinski definition) is 2. The van der Waals surface area contributed by atoms with Crippen LogP contribution in [0.25, 0.3) is 11.1 Å².